The number of carbonyl (C=O) groups excluding carboxylic acids is 1. The first-order valence-corrected chi connectivity index (χ1v) is 5.06. The molecule has 0 saturated heterocycles. The molecule has 0 N–H and O–H groups in total. The molecule has 0 heterocycles. The lowest BCUT2D eigenvalue weighted by molar-refractivity contribution is 0.264. The Morgan fingerprint density at radius 2 is 1.93 bits per heavy atom. The van der Waals surface area contributed by atoms with Crippen molar-refractivity contribution in [3.63, 3.8) is 0 Å². The predicted octanol–water partition coefficient (Wildman–Crippen LogP) is 3.26. The number of thiol groups is 1. The van der Waals surface area contributed by atoms with Gasteiger partial charge in [-0.05, 0) is 32.4 Å². The number of anilines is 1. The van der Waals surface area contributed by atoms with Gasteiger partial charge in [-0.25, -0.2) is 0 Å². The van der Waals surface area contributed by atoms with Gasteiger partial charge >= 0.3 is 0 Å². The van der Waals surface area contributed by atoms with Gasteiger partial charge in [0.2, 0.25) is 0 Å². The minimum Gasteiger partial charge on any atom is -0.301 e. The molecule has 0 saturated carbocycles. The zero-order valence-corrected chi connectivity index (χ0v) is 9.58. The molecule has 2 nitrogen and oxygen atoms in total. The summed E-state index contributed by atoms with van der Waals surface area (Å²) in [6.45, 7) is 5.93. The van der Waals surface area contributed by atoms with Crippen LogP contribution in [0.1, 0.15) is 19.4 Å². The van der Waals surface area contributed by atoms with Crippen molar-refractivity contribution in [3.05, 3.63) is 29.8 Å². The summed E-state index contributed by atoms with van der Waals surface area (Å²) < 4.78 is 0. The molecule has 0 unspecified atom stereocenters. The molecule has 1 aromatic rings. The molecule has 76 valence electrons. The van der Waals surface area contributed by atoms with E-state index in [0.29, 0.717) is 0 Å². The average Bonchev–Trinajstić information content (AvgIpc) is 2.07. The van der Waals surface area contributed by atoms with Crippen LogP contribution in [0.25, 0.3) is 0 Å². The summed E-state index contributed by atoms with van der Waals surface area (Å²) >= 11 is 3.88. The van der Waals surface area contributed by atoms with Crippen LogP contribution in [0.4, 0.5) is 10.5 Å². The largest absolute Gasteiger partial charge is 0.301 e. The maximum Gasteiger partial charge on any atom is 0.283 e. The van der Waals surface area contributed by atoms with E-state index in [0.717, 1.165) is 11.3 Å². The average molecular weight is 209 g/mol. The van der Waals surface area contributed by atoms with Gasteiger partial charge < -0.3 is 4.90 Å². The first-order chi connectivity index (χ1) is 6.54. The second kappa shape index (κ2) is 4.51. The highest BCUT2D eigenvalue weighted by molar-refractivity contribution is 7.96. The van der Waals surface area contributed by atoms with Gasteiger partial charge in [-0.1, -0.05) is 30.8 Å². The van der Waals surface area contributed by atoms with Crippen LogP contribution >= 0.6 is 12.6 Å². The molecule has 0 fully saturated rings. The zero-order chi connectivity index (χ0) is 10.7. The molecule has 0 radical (unpaired) electrons. The smallest absolute Gasteiger partial charge is 0.283 e. The Hall–Kier alpha value is -0.960. The Morgan fingerprint density at radius 3 is 2.36 bits per heavy atom. The van der Waals surface area contributed by atoms with Crippen molar-refractivity contribution in [1.29, 1.82) is 0 Å². The molecule has 1 amide bonds. The highest BCUT2D eigenvalue weighted by Gasteiger charge is 2.16. The van der Waals surface area contributed by atoms with Crippen LogP contribution in [0, 0.1) is 6.92 Å². The number of para-hydroxylation sites is 1. The Kier molecular flexibility index (Phi) is 3.58. The minimum absolute atomic E-state index is 0.126. The summed E-state index contributed by atoms with van der Waals surface area (Å²) in [6, 6.07) is 7.93. The Bertz CT molecular complexity index is 336. The first kappa shape index (κ1) is 11.1. The lowest BCUT2D eigenvalue weighted by Crippen LogP contribution is -2.33. The van der Waals surface area contributed by atoms with Gasteiger partial charge in [-0.3, -0.25) is 4.79 Å². The quantitative estimate of drug-likeness (QED) is 0.741. The third-order valence-electron chi connectivity index (χ3n) is 2.10. The van der Waals surface area contributed by atoms with Crippen LogP contribution < -0.4 is 4.90 Å². The zero-order valence-electron chi connectivity index (χ0n) is 8.69. The fraction of sp³-hybridized carbons (Fsp3) is 0.364. The molecular formula is C11H15NOS. The summed E-state index contributed by atoms with van der Waals surface area (Å²) in [6.07, 6.45) is 0. The van der Waals surface area contributed by atoms with Crippen LogP contribution in [0.2, 0.25) is 0 Å². The third-order valence-corrected chi connectivity index (χ3v) is 2.31. The molecule has 1 aromatic carbocycles. The normalized spacial score (nSPS) is 10.4. The van der Waals surface area contributed by atoms with E-state index >= 15 is 0 Å². The van der Waals surface area contributed by atoms with E-state index in [2.05, 4.69) is 12.6 Å². The molecule has 14 heavy (non-hydrogen) atoms. The molecule has 3 heteroatoms. The summed E-state index contributed by atoms with van der Waals surface area (Å²) in [5.41, 5.74) is 2.02. The molecule has 0 spiro atoms. The molecular weight excluding hydrogens is 194 g/mol. The topological polar surface area (TPSA) is 20.3 Å². The third kappa shape index (κ3) is 2.29. The van der Waals surface area contributed by atoms with Gasteiger partial charge in [0.15, 0.2) is 0 Å². The van der Waals surface area contributed by atoms with Crippen LogP contribution in [0.3, 0.4) is 0 Å². The SMILES string of the molecule is Cc1ccccc1N(C(=O)S)C(C)C. The van der Waals surface area contributed by atoms with Crippen molar-refractivity contribution in [1.82, 2.24) is 0 Å². The Morgan fingerprint density at radius 1 is 1.36 bits per heavy atom. The highest BCUT2D eigenvalue weighted by Crippen LogP contribution is 2.22. The number of rotatable bonds is 2. The highest BCUT2D eigenvalue weighted by atomic mass is 32.1. The molecule has 1 rings (SSSR count). The van der Waals surface area contributed by atoms with Gasteiger partial charge in [0.25, 0.3) is 5.24 Å². The van der Waals surface area contributed by atoms with Crippen molar-refractivity contribution in [2.75, 3.05) is 4.90 Å². The number of benzene rings is 1. The molecule has 0 aliphatic heterocycles. The fourth-order valence-electron chi connectivity index (χ4n) is 1.44. The van der Waals surface area contributed by atoms with Gasteiger partial charge in [-0.2, -0.15) is 0 Å². The monoisotopic (exact) mass is 209 g/mol. The number of aryl methyl sites for hydroxylation is 1. The van der Waals surface area contributed by atoms with Crippen molar-refractivity contribution >= 4 is 23.6 Å². The van der Waals surface area contributed by atoms with E-state index in [-0.39, 0.29) is 11.3 Å². The first-order valence-electron chi connectivity index (χ1n) is 4.62. The summed E-state index contributed by atoms with van der Waals surface area (Å²) in [5, 5.41) is -0.214. The fourth-order valence-corrected chi connectivity index (χ4v) is 1.77. The van der Waals surface area contributed by atoms with Crippen LogP contribution in [-0.2, 0) is 0 Å². The molecule has 0 aliphatic carbocycles. The minimum atomic E-state index is -0.214. The van der Waals surface area contributed by atoms with Gasteiger partial charge in [0, 0.05) is 11.7 Å². The van der Waals surface area contributed by atoms with Gasteiger partial charge in [-0.15, -0.1) is 0 Å². The lowest BCUT2D eigenvalue weighted by Gasteiger charge is -2.26. The van der Waals surface area contributed by atoms with Crippen LogP contribution in [-0.4, -0.2) is 11.3 Å². The Labute approximate surface area is 90.3 Å². The van der Waals surface area contributed by atoms with E-state index < -0.39 is 0 Å². The molecule has 0 bridgehead atoms. The number of nitrogens with zero attached hydrogens (tertiary/aromatic N) is 1. The standard InChI is InChI=1S/C11H15NOS/c1-8(2)12(11(13)14)10-7-5-4-6-9(10)3/h4-8H,1-3H3,(H,13,14). The van der Waals surface area contributed by atoms with Crippen LogP contribution in [0.15, 0.2) is 24.3 Å². The van der Waals surface area contributed by atoms with E-state index in [1.54, 1.807) is 4.90 Å². The van der Waals surface area contributed by atoms with E-state index in [4.69, 9.17) is 0 Å². The summed E-state index contributed by atoms with van der Waals surface area (Å²) in [5.74, 6) is 0. The Balaban J connectivity index is 3.12. The van der Waals surface area contributed by atoms with Crippen molar-refractivity contribution in [3.8, 4) is 0 Å². The van der Waals surface area contributed by atoms with Gasteiger partial charge in [0.05, 0.1) is 0 Å². The second-order valence-electron chi connectivity index (χ2n) is 3.53. The van der Waals surface area contributed by atoms with E-state index in [1.165, 1.54) is 0 Å². The van der Waals surface area contributed by atoms with E-state index in [1.807, 2.05) is 45.0 Å². The molecule has 0 atom stereocenters. The van der Waals surface area contributed by atoms with Gasteiger partial charge in [0.1, 0.15) is 0 Å². The maximum absolute atomic E-state index is 11.3. The number of amides is 1. The second-order valence-corrected chi connectivity index (χ2v) is 3.92. The summed E-state index contributed by atoms with van der Waals surface area (Å²) in [4.78, 5) is 13.0. The van der Waals surface area contributed by atoms with E-state index in [9.17, 15) is 4.79 Å². The number of hydrogen-bond acceptors (Lipinski definition) is 1. The summed E-state index contributed by atoms with van der Waals surface area (Å²) in [7, 11) is 0. The van der Waals surface area contributed by atoms with Crippen LogP contribution in [0.5, 0.6) is 0 Å². The number of carbonyl (C=O) groups is 1. The van der Waals surface area contributed by atoms with Crippen molar-refractivity contribution < 1.29 is 4.79 Å². The molecule has 0 aromatic heterocycles. The predicted molar refractivity (Wildman–Crippen MR) is 63.2 cm³/mol. The molecule has 0 aliphatic rings. The number of hydrogen-bond donors (Lipinski definition) is 1. The maximum atomic E-state index is 11.3. The lowest BCUT2D eigenvalue weighted by atomic mass is 10.1. The van der Waals surface area contributed by atoms with Crippen molar-refractivity contribution in [2.24, 2.45) is 0 Å². The van der Waals surface area contributed by atoms with Crippen molar-refractivity contribution in [2.45, 2.75) is 26.8 Å².